The van der Waals surface area contributed by atoms with Crippen LogP contribution >= 0.6 is 7.82 Å². The number of ether oxygens (including phenoxy) is 2. The summed E-state index contributed by atoms with van der Waals surface area (Å²) in [6.45, 7) is 3.17. The van der Waals surface area contributed by atoms with E-state index in [9.17, 15) is 44.6 Å². The molecular formula is C47H84O13P-. The van der Waals surface area contributed by atoms with Crippen LogP contribution in [0.2, 0.25) is 0 Å². The van der Waals surface area contributed by atoms with Crippen molar-refractivity contribution in [3.63, 3.8) is 0 Å². The Bertz CT molecular complexity index is 1210. The number of carbonyl (C=O) groups excluding carboxylic acids is 2. The Balaban J connectivity index is 2.46. The Morgan fingerprint density at radius 1 is 0.525 bits per heavy atom. The van der Waals surface area contributed by atoms with Crippen LogP contribution in [0.1, 0.15) is 194 Å². The zero-order chi connectivity index (χ0) is 45.0. The minimum atomic E-state index is -5.37. The van der Waals surface area contributed by atoms with Gasteiger partial charge in [0, 0.05) is 12.8 Å². The first-order valence-corrected chi connectivity index (χ1v) is 25.2. The van der Waals surface area contributed by atoms with E-state index in [2.05, 4.69) is 50.3 Å². The van der Waals surface area contributed by atoms with Gasteiger partial charge in [0.25, 0.3) is 7.82 Å². The molecule has 0 bridgehead atoms. The van der Waals surface area contributed by atoms with Crippen molar-refractivity contribution < 1.29 is 63.1 Å². The highest BCUT2D eigenvalue weighted by molar-refractivity contribution is 7.45. The second-order valence-corrected chi connectivity index (χ2v) is 18.0. The molecule has 0 aromatic carbocycles. The van der Waals surface area contributed by atoms with Crippen molar-refractivity contribution in [2.24, 2.45) is 0 Å². The number of unbranched alkanes of at least 4 members (excludes halogenated alkanes) is 21. The van der Waals surface area contributed by atoms with Crippen molar-refractivity contribution in [2.45, 2.75) is 236 Å². The summed E-state index contributed by atoms with van der Waals surface area (Å²) in [5.41, 5.74) is 0. The topological polar surface area (TPSA) is 212 Å². The molecule has 0 heterocycles. The Kier molecular flexibility index (Phi) is 35.0. The maximum atomic E-state index is 12.8. The molecule has 14 heteroatoms. The molecule has 0 aromatic heterocycles. The van der Waals surface area contributed by atoms with Crippen LogP contribution in [0.3, 0.4) is 0 Å². The number of aliphatic hydroxyl groups is 5. The molecule has 5 N–H and O–H groups in total. The minimum absolute atomic E-state index is 0.0569. The maximum absolute atomic E-state index is 12.8. The molecule has 0 aliphatic heterocycles. The quantitative estimate of drug-likeness (QED) is 0.0169. The van der Waals surface area contributed by atoms with Gasteiger partial charge in [-0.1, -0.05) is 166 Å². The van der Waals surface area contributed by atoms with Gasteiger partial charge in [-0.25, -0.2) is 0 Å². The predicted octanol–water partition coefficient (Wildman–Crippen LogP) is 8.76. The lowest BCUT2D eigenvalue weighted by atomic mass is 9.85. The van der Waals surface area contributed by atoms with Crippen LogP contribution in [-0.2, 0) is 32.7 Å². The fourth-order valence-electron chi connectivity index (χ4n) is 7.11. The number of allylic oxidation sites excluding steroid dienone is 6. The van der Waals surface area contributed by atoms with Gasteiger partial charge in [0.1, 0.15) is 43.2 Å². The molecule has 0 spiro atoms. The summed E-state index contributed by atoms with van der Waals surface area (Å²) < 4.78 is 33.1. The molecule has 0 amide bonds. The van der Waals surface area contributed by atoms with Gasteiger partial charge in [-0.15, -0.1) is 0 Å². The molecule has 13 nitrogen and oxygen atoms in total. The van der Waals surface area contributed by atoms with Crippen LogP contribution in [0.5, 0.6) is 0 Å². The lowest BCUT2D eigenvalue weighted by Gasteiger charge is -2.43. The minimum Gasteiger partial charge on any atom is -0.756 e. The molecule has 356 valence electrons. The molecule has 0 radical (unpaired) electrons. The number of esters is 2. The average Bonchev–Trinajstić information content (AvgIpc) is 3.24. The van der Waals surface area contributed by atoms with E-state index < -0.39 is 75.7 Å². The Hall–Kier alpha value is -1.93. The van der Waals surface area contributed by atoms with Crippen molar-refractivity contribution in [3.05, 3.63) is 36.5 Å². The molecule has 0 aromatic rings. The number of rotatable bonds is 39. The largest absolute Gasteiger partial charge is 0.756 e. The maximum Gasteiger partial charge on any atom is 0.306 e. The third-order valence-electron chi connectivity index (χ3n) is 11.0. The van der Waals surface area contributed by atoms with Gasteiger partial charge < -0.3 is 48.9 Å². The lowest BCUT2D eigenvalue weighted by Crippen LogP contribution is -2.64. The third-order valence-corrected chi connectivity index (χ3v) is 11.9. The molecule has 1 fully saturated rings. The van der Waals surface area contributed by atoms with Crippen molar-refractivity contribution in [1.29, 1.82) is 0 Å². The number of phosphoric acid groups is 1. The van der Waals surface area contributed by atoms with E-state index in [-0.39, 0.29) is 12.8 Å². The summed E-state index contributed by atoms with van der Waals surface area (Å²) in [6, 6.07) is 0. The first-order chi connectivity index (χ1) is 29.4. The Morgan fingerprint density at radius 2 is 0.902 bits per heavy atom. The first-order valence-electron chi connectivity index (χ1n) is 23.8. The molecule has 61 heavy (non-hydrogen) atoms. The van der Waals surface area contributed by atoms with Crippen LogP contribution in [-0.4, -0.2) is 93.4 Å². The molecule has 0 saturated heterocycles. The smallest absolute Gasteiger partial charge is 0.306 e. The zero-order valence-electron chi connectivity index (χ0n) is 37.7. The van der Waals surface area contributed by atoms with Gasteiger partial charge in [-0.05, 0) is 51.4 Å². The van der Waals surface area contributed by atoms with Gasteiger partial charge >= 0.3 is 11.9 Å². The van der Waals surface area contributed by atoms with Gasteiger partial charge in [0.2, 0.25) is 0 Å². The second kappa shape index (κ2) is 37.4. The van der Waals surface area contributed by atoms with Gasteiger partial charge in [0.05, 0.1) is 6.61 Å². The summed E-state index contributed by atoms with van der Waals surface area (Å²) in [5.74, 6) is -1.16. The van der Waals surface area contributed by atoms with Crippen molar-refractivity contribution >= 4 is 19.8 Å². The van der Waals surface area contributed by atoms with E-state index in [1.165, 1.54) is 89.9 Å². The van der Waals surface area contributed by atoms with E-state index in [0.717, 1.165) is 64.2 Å². The Labute approximate surface area is 368 Å². The van der Waals surface area contributed by atoms with Crippen molar-refractivity contribution in [1.82, 2.24) is 0 Å². The molecule has 1 rings (SSSR count). The standard InChI is InChI=1S/C47H85O13P/c1-3-5-7-9-11-13-15-17-19-20-22-24-26-28-30-32-34-36-41(49)59-39(38-58-61(55,56)60-47-45(53)43(51)42(50)44(52)46(47)54)37-57-40(48)35-33-31-29-27-25-23-21-18-16-14-12-10-8-6-4-2/h11,13,17,19,22,24,39,42-47,50-54H,3-10,12,14-16,18,20-21,23,25-38H2,1-2H3,(H,55,56)/p-1/b13-11-,19-17-,24-22-. The number of aliphatic hydroxyl groups excluding tert-OH is 5. The van der Waals surface area contributed by atoms with E-state index >= 15 is 0 Å². The SMILES string of the molecule is CCCCC/C=C\C/C=C\C/C=C\CCCCCCC(=O)OC(COC(=O)CCCCCCCCCCCCCCCCC)COP(=O)([O-])OC1C(O)C(O)C(O)C(O)C1O. The third kappa shape index (κ3) is 30.0. The van der Waals surface area contributed by atoms with Crippen LogP contribution in [0.25, 0.3) is 0 Å². The fourth-order valence-corrected chi connectivity index (χ4v) is 8.07. The highest BCUT2D eigenvalue weighted by atomic mass is 31.2. The monoisotopic (exact) mass is 888 g/mol. The van der Waals surface area contributed by atoms with Gasteiger partial charge in [-0.2, -0.15) is 0 Å². The highest BCUT2D eigenvalue weighted by Gasteiger charge is 2.50. The number of carbonyl (C=O) groups is 2. The van der Waals surface area contributed by atoms with E-state index in [0.29, 0.717) is 12.8 Å². The second-order valence-electron chi connectivity index (χ2n) is 16.6. The highest BCUT2D eigenvalue weighted by Crippen LogP contribution is 2.43. The summed E-state index contributed by atoms with van der Waals surface area (Å²) in [4.78, 5) is 38.0. The molecule has 6 atom stereocenters. The Morgan fingerprint density at radius 3 is 1.39 bits per heavy atom. The molecule has 1 aliphatic rings. The molecular weight excluding hydrogens is 803 g/mol. The molecule has 1 aliphatic carbocycles. The molecule has 1 saturated carbocycles. The summed E-state index contributed by atoms with van der Waals surface area (Å²) in [6.07, 6.45) is 28.6. The van der Waals surface area contributed by atoms with E-state index in [1.54, 1.807) is 0 Å². The number of phosphoric ester groups is 1. The van der Waals surface area contributed by atoms with Crippen LogP contribution in [0, 0.1) is 0 Å². The number of hydrogen-bond donors (Lipinski definition) is 5. The first kappa shape index (κ1) is 57.1. The summed E-state index contributed by atoms with van der Waals surface area (Å²) >= 11 is 0. The van der Waals surface area contributed by atoms with Crippen molar-refractivity contribution in [3.8, 4) is 0 Å². The summed E-state index contributed by atoms with van der Waals surface area (Å²) in [7, 11) is -5.37. The molecule has 6 unspecified atom stereocenters. The van der Waals surface area contributed by atoms with Crippen LogP contribution in [0.15, 0.2) is 36.5 Å². The van der Waals surface area contributed by atoms with Crippen molar-refractivity contribution in [2.75, 3.05) is 13.2 Å². The predicted molar refractivity (Wildman–Crippen MR) is 237 cm³/mol. The zero-order valence-corrected chi connectivity index (χ0v) is 38.6. The van der Waals surface area contributed by atoms with Gasteiger partial charge in [0.15, 0.2) is 6.10 Å². The van der Waals surface area contributed by atoms with Gasteiger partial charge in [-0.3, -0.25) is 14.2 Å². The van der Waals surface area contributed by atoms with Crippen LogP contribution in [0.4, 0.5) is 0 Å². The summed E-state index contributed by atoms with van der Waals surface area (Å²) in [5, 5.41) is 50.0. The number of hydrogen-bond acceptors (Lipinski definition) is 13. The van der Waals surface area contributed by atoms with Crippen LogP contribution < -0.4 is 4.89 Å². The lowest BCUT2D eigenvalue weighted by molar-refractivity contribution is -0.261. The average molecular weight is 888 g/mol. The van der Waals surface area contributed by atoms with E-state index in [1.807, 2.05) is 0 Å². The fraction of sp³-hybridized carbons (Fsp3) is 0.830. The van der Waals surface area contributed by atoms with E-state index in [4.69, 9.17) is 18.5 Å². The normalized spacial score (nSPS) is 22.3.